The first-order valence-corrected chi connectivity index (χ1v) is 3.07. The lowest BCUT2D eigenvalue weighted by atomic mass is 10.0. The second kappa shape index (κ2) is 3.77. The Morgan fingerprint density at radius 3 is 1.89 bits per heavy atom. The molecule has 0 saturated heterocycles. The second-order valence-electron chi connectivity index (χ2n) is 2.52. The van der Waals surface area contributed by atoms with Gasteiger partial charge in [-0.25, -0.2) is 8.78 Å². The fraction of sp³-hybridized carbons (Fsp3) is 1.00. The molecule has 3 heteroatoms. The average molecular weight is 137 g/mol. The van der Waals surface area contributed by atoms with Gasteiger partial charge in [0.15, 0.2) is 0 Å². The number of hydrogen-bond acceptors (Lipinski definition) is 1. The summed E-state index contributed by atoms with van der Waals surface area (Å²) in [6, 6.07) is -0.117. The molecule has 9 heavy (non-hydrogen) atoms. The molecule has 0 heterocycles. The Morgan fingerprint density at radius 2 is 1.78 bits per heavy atom. The summed E-state index contributed by atoms with van der Waals surface area (Å²) < 4.78 is 23.5. The molecule has 0 radical (unpaired) electrons. The van der Waals surface area contributed by atoms with Gasteiger partial charge in [0.1, 0.15) is 0 Å². The Labute approximate surface area is 54.2 Å². The zero-order chi connectivity index (χ0) is 7.44. The summed E-state index contributed by atoms with van der Waals surface area (Å²) in [5, 5.41) is 0. The van der Waals surface area contributed by atoms with E-state index in [1.807, 2.05) is 0 Å². The van der Waals surface area contributed by atoms with Crippen LogP contribution in [-0.4, -0.2) is 12.5 Å². The molecule has 2 atom stereocenters. The maximum atomic E-state index is 11.7. The van der Waals surface area contributed by atoms with Gasteiger partial charge in [-0.15, -0.1) is 0 Å². The van der Waals surface area contributed by atoms with Gasteiger partial charge in [0.05, 0.1) is 0 Å². The maximum absolute atomic E-state index is 11.7. The zero-order valence-corrected chi connectivity index (χ0v) is 5.77. The maximum Gasteiger partial charge on any atom is 0.241 e. The first-order chi connectivity index (χ1) is 4.04. The van der Waals surface area contributed by atoms with Gasteiger partial charge < -0.3 is 5.73 Å². The predicted octanol–water partition coefficient (Wildman–Crippen LogP) is 1.62. The van der Waals surface area contributed by atoms with Crippen molar-refractivity contribution < 1.29 is 8.78 Å². The lowest BCUT2D eigenvalue weighted by Crippen LogP contribution is -2.21. The summed E-state index contributed by atoms with van der Waals surface area (Å²) >= 11 is 0. The van der Waals surface area contributed by atoms with Crippen molar-refractivity contribution in [2.75, 3.05) is 0 Å². The Hall–Kier alpha value is -0.180. The highest BCUT2D eigenvalue weighted by molar-refractivity contribution is 4.61. The Kier molecular flexibility index (Phi) is 3.70. The van der Waals surface area contributed by atoms with Crippen LogP contribution in [0.1, 0.15) is 20.3 Å². The molecule has 0 rings (SSSR count). The van der Waals surface area contributed by atoms with E-state index in [-0.39, 0.29) is 6.04 Å². The van der Waals surface area contributed by atoms with E-state index in [4.69, 9.17) is 5.73 Å². The first kappa shape index (κ1) is 8.82. The molecule has 2 N–H and O–H groups in total. The molecule has 1 nitrogen and oxygen atoms in total. The molecular weight excluding hydrogens is 124 g/mol. The fourth-order valence-electron chi connectivity index (χ4n) is 0.689. The van der Waals surface area contributed by atoms with Gasteiger partial charge in [-0.3, -0.25) is 0 Å². The van der Waals surface area contributed by atoms with Crippen LogP contribution < -0.4 is 5.73 Å². The van der Waals surface area contributed by atoms with E-state index < -0.39 is 12.3 Å². The van der Waals surface area contributed by atoms with E-state index in [0.717, 1.165) is 0 Å². The summed E-state index contributed by atoms with van der Waals surface area (Å²) in [5.74, 6) is -0.565. The molecule has 56 valence electrons. The molecule has 0 spiro atoms. The topological polar surface area (TPSA) is 26.0 Å². The fourth-order valence-corrected chi connectivity index (χ4v) is 0.689. The van der Waals surface area contributed by atoms with E-state index in [1.54, 1.807) is 6.92 Å². The molecule has 2 unspecified atom stereocenters. The predicted molar refractivity (Wildman–Crippen MR) is 33.4 cm³/mol. The van der Waals surface area contributed by atoms with Crippen molar-refractivity contribution in [2.24, 2.45) is 11.7 Å². The van der Waals surface area contributed by atoms with E-state index in [0.29, 0.717) is 6.42 Å². The van der Waals surface area contributed by atoms with Crippen molar-refractivity contribution in [3.8, 4) is 0 Å². The van der Waals surface area contributed by atoms with E-state index >= 15 is 0 Å². The second-order valence-corrected chi connectivity index (χ2v) is 2.52. The van der Waals surface area contributed by atoms with Crippen LogP contribution in [0.4, 0.5) is 8.78 Å². The number of hydrogen-bond donors (Lipinski definition) is 1. The van der Waals surface area contributed by atoms with Crippen LogP contribution in [0.2, 0.25) is 0 Å². The molecule has 0 aliphatic heterocycles. The average Bonchev–Trinajstić information content (AvgIpc) is 1.63. The molecule has 0 bridgehead atoms. The third-order valence-electron chi connectivity index (χ3n) is 1.17. The molecule has 0 aromatic rings. The quantitative estimate of drug-likeness (QED) is 0.628. The molecule has 0 aliphatic rings. The molecule has 0 aliphatic carbocycles. The highest BCUT2D eigenvalue weighted by Crippen LogP contribution is 2.13. The number of alkyl halides is 2. The first-order valence-electron chi connectivity index (χ1n) is 3.07. The Morgan fingerprint density at radius 1 is 1.33 bits per heavy atom. The van der Waals surface area contributed by atoms with Gasteiger partial charge in [0.2, 0.25) is 6.43 Å². The van der Waals surface area contributed by atoms with Crippen molar-refractivity contribution in [3.05, 3.63) is 0 Å². The van der Waals surface area contributed by atoms with Crippen LogP contribution in [0.15, 0.2) is 0 Å². The Bertz CT molecular complexity index is 73.5. The van der Waals surface area contributed by atoms with Crippen LogP contribution in [0.5, 0.6) is 0 Å². The molecule has 0 fully saturated rings. The summed E-state index contributed by atoms with van der Waals surface area (Å²) in [7, 11) is 0. The standard InChI is InChI=1S/C6H13F2N/c1-4(6(7)8)3-5(2)9/h4-6H,3,9H2,1-2H3. The molecule has 0 saturated carbocycles. The number of rotatable bonds is 3. The SMILES string of the molecule is CC(N)CC(C)C(F)F. The monoisotopic (exact) mass is 137 g/mol. The minimum absolute atomic E-state index is 0.117. The van der Waals surface area contributed by atoms with Crippen molar-refractivity contribution >= 4 is 0 Å². The largest absolute Gasteiger partial charge is 0.328 e. The van der Waals surface area contributed by atoms with E-state index in [9.17, 15) is 8.78 Å². The van der Waals surface area contributed by atoms with Crippen LogP contribution in [0.3, 0.4) is 0 Å². The van der Waals surface area contributed by atoms with Gasteiger partial charge in [-0.05, 0) is 13.3 Å². The van der Waals surface area contributed by atoms with Crippen molar-refractivity contribution in [3.63, 3.8) is 0 Å². The smallest absolute Gasteiger partial charge is 0.241 e. The van der Waals surface area contributed by atoms with Gasteiger partial charge >= 0.3 is 0 Å². The minimum Gasteiger partial charge on any atom is -0.328 e. The van der Waals surface area contributed by atoms with Crippen LogP contribution in [0.25, 0.3) is 0 Å². The number of halogens is 2. The summed E-state index contributed by atoms with van der Waals surface area (Å²) in [4.78, 5) is 0. The highest BCUT2D eigenvalue weighted by atomic mass is 19.3. The molecule has 0 aromatic carbocycles. The van der Waals surface area contributed by atoms with Crippen molar-refractivity contribution in [1.82, 2.24) is 0 Å². The zero-order valence-electron chi connectivity index (χ0n) is 5.77. The van der Waals surface area contributed by atoms with Gasteiger partial charge in [-0.2, -0.15) is 0 Å². The van der Waals surface area contributed by atoms with E-state index in [1.165, 1.54) is 6.92 Å². The number of nitrogens with two attached hydrogens (primary N) is 1. The van der Waals surface area contributed by atoms with Crippen LogP contribution >= 0.6 is 0 Å². The normalized spacial score (nSPS) is 18.0. The molecule has 0 amide bonds. The van der Waals surface area contributed by atoms with Crippen molar-refractivity contribution in [2.45, 2.75) is 32.7 Å². The molecular formula is C6H13F2N. The molecule has 0 aromatic heterocycles. The lowest BCUT2D eigenvalue weighted by molar-refractivity contribution is 0.0791. The van der Waals surface area contributed by atoms with Gasteiger partial charge in [0.25, 0.3) is 0 Å². The van der Waals surface area contributed by atoms with Gasteiger partial charge in [-0.1, -0.05) is 6.92 Å². The summed E-state index contributed by atoms with van der Waals surface area (Å²) in [6.45, 7) is 3.24. The highest BCUT2D eigenvalue weighted by Gasteiger charge is 2.15. The van der Waals surface area contributed by atoms with Crippen LogP contribution in [-0.2, 0) is 0 Å². The van der Waals surface area contributed by atoms with Crippen LogP contribution in [0, 0.1) is 5.92 Å². The third-order valence-corrected chi connectivity index (χ3v) is 1.17. The lowest BCUT2D eigenvalue weighted by Gasteiger charge is -2.11. The summed E-state index contributed by atoms with van der Waals surface area (Å²) in [6.07, 6.45) is -1.83. The summed E-state index contributed by atoms with van der Waals surface area (Å²) in [5.41, 5.74) is 5.30. The van der Waals surface area contributed by atoms with E-state index in [2.05, 4.69) is 0 Å². The van der Waals surface area contributed by atoms with Gasteiger partial charge in [0, 0.05) is 12.0 Å². The third kappa shape index (κ3) is 4.33. The van der Waals surface area contributed by atoms with Crippen molar-refractivity contribution in [1.29, 1.82) is 0 Å². The minimum atomic E-state index is -2.23. The Balaban J connectivity index is 3.38.